The van der Waals surface area contributed by atoms with Crippen LogP contribution < -0.4 is 10.6 Å². The van der Waals surface area contributed by atoms with Crippen LogP contribution in [0.4, 0.5) is 4.39 Å². The quantitative estimate of drug-likeness (QED) is 0.761. The summed E-state index contributed by atoms with van der Waals surface area (Å²) in [5, 5.41) is 6.82. The van der Waals surface area contributed by atoms with E-state index in [2.05, 4.69) is 31.4 Å². The Morgan fingerprint density at radius 1 is 1.17 bits per heavy atom. The molecule has 0 amide bonds. The zero-order valence-corrected chi connectivity index (χ0v) is 11.9. The van der Waals surface area contributed by atoms with Crippen LogP contribution in [0.15, 0.2) is 18.2 Å². The fraction of sp³-hybridized carbons (Fsp3) is 0.600. The first-order valence-corrected chi connectivity index (χ1v) is 6.59. The minimum Gasteiger partial charge on any atom is -0.313 e. The first-order chi connectivity index (χ1) is 8.38. The van der Waals surface area contributed by atoms with E-state index in [1.807, 2.05) is 12.1 Å². The lowest BCUT2D eigenvalue weighted by atomic mass is 10.1. The Bertz CT molecular complexity index is 369. The molecule has 0 unspecified atom stereocenters. The molecular weight excluding hydrogens is 227 g/mol. The zero-order chi connectivity index (χ0) is 13.6. The van der Waals surface area contributed by atoms with Gasteiger partial charge in [-0.05, 0) is 64.4 Å². The Morgan fingerprint density at radius 3 is 2.50 bits per heavy atom. The molecule has 0 fully saturated rings. The lowest BCUT2D eigenvalue weighted by Crippen LogP contribution is -2.37. The van der Waals surface area contributed by atoms with Crippen molar-refractivity contribution in [3.05, 3.63) is 35.1 Å². The highest BCUT2D eigenvalue weighted by Gasteiger charge is 2.06. The molecular formula is C15H25FN2. The van der Waals surface area contributed by atoms with Crippen LogP contribution in [0.2, 0.25) is 0 Å². The standard InChI is InChI=1S/C15H25FN2/c1-12-10-13(6-7-14(12)16)11-17-8-5-9-18-15(2,3)4/h6-7,10,17-18H,5,8-9,11H2,1-4H3. The number of hydrogen-bond acceptors (Lipinski definition) is 2. The van der Waals surface area contributed by atoms with Gasteiger partial charge >= 0.3 is 0 Å². The molecule has 1 rings (SSSR count). The molecule has 2 N–H and O–H groups in total. The van der Waals surface area contributed by atoms with Gasteiger partial charge in [-0.1, -0.05) is 12.1 Å². The van der Waals surface area contributed by atoms with Crippen molar-refractivity contribution in [3.63, 3.8) is 0 Å². The van der Waals surface area contributed by atoms with E-state index in [1.165, 1.54) is 6.07 Å². The number of aryl methyl sites for hydroxylation is 1. The number of nitrogens with one attached hydrogen (secondary N) is 2. The summed E-state index contributed by atoms with van der Waals surface area (Å²) in [5.41, 5.74) is 2.04. The van der Waals surface area contributed by atoms with Gasteiger partial charge in [-0.3, -0.25) is 0 Å². The Labute approximate surface area is 110 Å². The smallest absolute Gasteiger partial charge is 0.126 e. The molecule has 0 aromatic heterocycles. The maximum Gasteiger partial charge on any atom is 0.126 e. The van der Waals surface area contributed by atoms with Crippen molar-refractivity contribution in [3.8, 4) is 0 Å². The molecule has 2 nitrogen and oxygen atoms in total. The second-order valence-corrected chi connectivity index (χ2v) is 5.79. The Morgan fingerprint density at radius 2 is 1.89 bits per heavy atom. The predicted octanol–water partition coefficient (Wildman–Crippen LogP) is 3.00. The zero-order valence-electron chi connectivity index (χ0n) is 11.9. The Kier molecular flexibility index (Phi) is 5.76. The van der Waals surface area contributed by atoms with Gasteiger partial charge in [0.1, 0.15) is 5.82 Å². The monoisotopic (exact) mass is 252 g/mol. The lowest BCUT2D eigenvalue weighted by Gasteiger charge is -2.20. The van der Waals surface area contributed by atoms with Gasteiger partial charge < -0.3 is 10.6 Å². The van der Waals surface area contributed by atoms with Gasteiger partial charge in [-0.15, -0.1) is 0 Å². The van der Waals surface area contributed by atoms with Crippen molar-refractivity contribution in [2.24, 2.45) is 0 Å². The van der Waals surface area contributed by atoms with Gasteiger partial charge in [0.2, 0.25) is 0 Å². The highest BCUT2D eigenvalue weighted by Crippen LogP contribution is 2.08. The summed E-state index contributed by atoms with van der Waals surface area (Å²) < 4.78 is 13.1. The summed E-state index contributed by atoms with van der Waals surface area (Å²) >= 11 is 0. The molecule has 0 saturated carbocycles. The molecule has 0 bridgehead atoms. The SMILES string of the molecule is Cc1cc(CNCCCNC(C)(C)C)ccc1F. The number of halogens is 1. The number of benzene rings is 1. The van der Waals surface area contributed by atoms with Crippen LogP contribution in [0.5, 0.6) is 0 Å². The van der Waals surface area contributed by atoms with E-state index >= 15 is 0 Å². The normalized spacial score (nSPS) is 11.8. The average Bonchev–Trinajstić information content (AvgIpc) is 2.26. The van der Waals surface area contributed by atoms with Crippen molar-refractivity contribution in [2.45, 2.75) is 46.2 Å². The average molecular weight is 252 g/mol. The second-order valence-electron chi connectivity index (χ2n) is 5.79. The fourth-order valence-corrected chi connectivity index (χ4v) is 1.73. The van der Waals surface area contributed by atoms with Crippen LogP contribution in [0, 0.1) is 12.7 Å². The van der Waals surface area contributed by atoms with E-state index in [-0.39, 0.29) is 11.4 Å². The van der Waals surface area contributed by atoms with Crippen molar-refractivity contribution >= 4 is 0 Å². The molecule has 1 aromatic rings. The maximum absolute atomic E-state index is 13.1. The van der Waals surface area contributed by atoms with Crippen LogP contribution in [-0.4, -0.2) is 18.6 Å². The van der Waals surface area contributed by atoms with Crippen molar-refractivity contribution in [2.75, 3.05) is 13.1 Å². The molecule has 0 radical (unpaired) electrons. The van der Waals surface area contributed by atoms with Gasteiger partial charge in [0.15, 0.2) is 0 Å². The van der Waals surface area contributed by atoms with E-state index in [9.17, 15) is 4.39 Å². The van der Waals surface area contributed by atoms with Gasteiger partial charge in [-0.25, -0.2) is 4.39 Å². The summed E-state index contributed by atoms with van der Waals surface area (Å²) in [5.74, 6) is -0.131. The largest absolute Gasteiger partial charge is 0.313 e. The molecule has 18 heavy (non-hydrogen) atoms. The Hall–Kier alpha value is -0.930. The van der Waals surface area contributed by atoms with Crippen LogP contribution in [0.25, 0.3) is 0 Å². The molecule has 0 heterocycles. The molecule has 1 aromatic carbocycles. The molecule has 0 aliphatic carbocycles. The topological polar surface area (TPSA) is 24.1 Å². The van der Waals surface area contributed by atoms with Crippen LogP contribution >= 0.6 is 0 Å². The third-order valence-electron chi connectivity index (χ3n) is 2.74. The van der Waals surface area contributed by atoms with E-state index in [4.69, 9.17) is 0 Å². The second kappa shape index (κ2) is 6.86. The highest BCUT2D eigenvalue weighted by molar-refractivity contribution is 5.23. The summed E-state index contributed by atoms with van der Waals surface area (Å²) in [6, 6.07) is 5.27. The summed E-state index contributed by atoms with van der Waals surface area (Å²) in [7, 11) is 0. The Balaban J connectivity index is 2.16. The molecule has 0 aliphatic heterocycles. The minimum atomic E-state index is -0.131. The molecule has 0 spiro atoms. The van der Waals surface area contributed by atoms with E-state index in [0.717, 1.165) is 31.6 Å². The van der Waals surface area contributed by atoms with Gasteiger partial charge in [0.05, 0.1) is 0 Å². The first kappa shape index (κ1) is 15.1. The molecule has 102 valence electrons. The van der Waals surface area contributed by atoms with Gasteiger partial charge in [0, 0.05) is 12.1 Å². The van der Waals surface area contributed by atoms with Crippen LogP contribution in [0.1, 0.15) is 38.3 Å². The number of hydrogen-bond donors (Lipinski definition) is 2. The summed E-state index contributed by atoms with van der Waals surface area (Å²) in [6.07, 6.45) is 1.09. The fourth-order valence-electron chi connectivity index (χ4n) is 1.73. The molecule has 0 saturated heterocycles. The van der Waals surface area contributed by atoms with Crippen LogP contribution in [0.3, 0.4) is 0 Å². The molecule has 3 heteroatoms. The number of rotatable bonds is 6. The predicted molar refractivity (Wildman–Crippen MR) is 75.2 cm³/mol. The van der Waals surface area contributed by atoms with E-state index < -0.39 is 0 Å². The van der Waals surface area contributed by atoms with E-state index in [0.29, 0.717) is 5.56 Å². The molecule has 0 atom stereocenters. The van der Waals surface area contributed by atoms with Crippen molar-refractivity contribution in [1.29, 1.82) is 0 Å². The lowest BCUT2D eigenvalue weighted by molar-refractivity contribution is 0.418. The third-order valence-corrected chi connectivity index (χ3v) is 2.74. The summed E-state index contributed by atoms with van der Waals surface area (Å²) in [6.45, 7) is 11.1. The summed E-state index contributed by atoms with van der Waals surface area (Å²) in [4.78, 5) is 0. The van der Waals surface area contributed by atoms with E-state index in [1.54, 1.807) is 6.92 Å². The maximum atomic E-state index is 13.1. The highest BCUT2D eigenvalue weighted by atomic mass is 19.1. The van der Waals surface area contributed by atoms with Gasteiger partial charge in [-0.2, -0.15) is 0 Å². The van der Waals surface area contributed by atoms with Crippen molar-refractivity contribution in [1.82, 2.24) is 10.6 Å². The van der Waals surface area contributed by atoms with Gasteiger partial charge in [0.25, 0.3) is 0 Å². The third kappa shape index (κ3) is 6.12. The minimum absolute atomic E-state index is 0.131. The van der Waals surface area contributed by atoms with Crippen LogP contribution in [-0.2, 0) is 6.54 Å². The first-order valence-electron chi connectivity index (χ1n) is 6.59. The molecule has 0 aliphatic rings. The van der Waals surface area contributed by atoms with Crippen molar-refractivity contribution < 1.29 is 4.39 Å².